The Morgan fingerprint density at radius 1 is 0.260 bits per heavy atom. The lowest BCUT2D eigenvalue weighted by atomic mass is 9.70. The molecule has 0 bridgehead atoms. The molecule has 6 atom stereocenters. The molecule has 2 saturated heterocycles. The number of hydrogen-bond donors (Lipinski definition) is 0. The van der Waals surface area contributed by atoms with Gasteiger partial charge in [-0.1, -0.05) is 368 Å². The van der Waals surface area contributed by atoms with Crippen LogP contribution in [0.5, 0.6) is 0 Å². The first-order valence-electron chi connectivity index (χ1n) is 35.4. The van der Waals surface area contributed by atoms with Crippen molar-refractivity contribution in [3.8, 4) is 0 Å². The zero-order valence-electron chi connectivity index (χ0n) is 52.2. The van der Waals surface area contributed by atoms with Gasteiger partial charge in [0.05, 0.1) is 23.7 Å². The Balaban J connectivity index is 1.54. The van der Waals surface area contributed by atoms with Gasteiger partial charge in [-0.15, -0.1) is 0 Å². The van der Waals surface area contributed by atoms with Crippen LogP contribution in [0.1, 0.15) is 394 Å². The highest BCUT2D eigenvalue weighted by molar-refractivity contribution is 5.98. The molecule has 0 spiro atoms. The van der Waals surface area contributed by atoms with E-state index in [2.05, 4.69) is 20.8 Å². The summed E-state index contributed by atoms with van der Waals surface area (Å²) in [6, 6.07) is 0. The third-order valence-corrected chi connectivity index (χ3v) is 18.8. The van der Waals surface area contributed by atoms with Crippen molar-refractivity contribution in [1.29, 1.82) is 0 Å². The number of carbonyl (C=O) groups is 4. The summed E-state index contributed by atoms with van der Waals surface area (Å²) in [5.41, 5.74) is 0. The van der Waals surface area contributed by atoms with Gasteiger partial charge in [-0.3, -0.25) is 19.2 Å². The summed E-state index contributed by atoms with van der Waals surface area (Å²) >= 11 is 0. The van der Waals surface area contributed by atoms with Crippen molar-refractivity contribution in [1.82, 2.24) is 0 Å². The number of carbonyl (C=O) groups excluding carboxylic acids is 4. The molecule has 6 heteroatoms. The van der Waals surface area contributed by atoms with Gasteiger partial charge < -0.3 is 9.47 Å². The lowest BCUT2D eigenvalue weighted by Gasteiger charge is -2.29. The Bertz CT molecular complexity index is 1360. The number of cyclic esters (lactones) is 4. The lowest BCUT2D eigenvalue weighted by Crippen LogP contribution is -2.33. The Hall–Kier alpha value is -1.72. The molecule has 0 aromatic carbocycles. The number of ether oxygens (including phenoxy) is 2. The van der Waals surface area contributed by atoms with Crippen molar-refractivity contribution in [2.75, 3.05) is 0 Å². The maximum absolute atomic E-state index is 13.4. The maximum atomic E-state index is 13.4. The fraction of sp³-hybridized carbons (Fsp3) is 0.944. The quantitative estimate of drug-likeness (QED) is 0.0343. The summed E-state index contributed by atoms with van der Waals surface area (Å²) in [5, 5.41) is 0. The first-order valence-corrected chi connectivity index (χ1v) is 35.4. The minimum Gasteiger partial charge on any atom is -0.393 e. The van der Waals surface area contributed by atoms with E-state index in [1.807, 2.05) is 6.92 Å². The Morgan fingerprint density at radius 2 is 0.468 bits per heavy atom. The van der Waals surface area contributed by atoms with Crippen LogP contribution in [-0.2, 0) is 28.7 Å². The smallest absolute Gasteiger partial charge is 0.317 e. The van der Waals surface area contributed by atoms with Gasteiger partial charge in [0, 0.05) is 0 Å². The Kier molecular flexibility index (Phi) is 48.5. The standard InChI is InChI=1S/C71H132O6/c1-5-9-11-13-15-17-19-21-23-25-27-29-31-33-35-37-39-41-43-45-47-49-51-53-55-57-59-62(7-3)66-65(69(73)77-70(66)74)61-63(67-64(8-4)68(72)76-71(67)75)60-58-56-54-52-50-48-46-44-42-40-38-36-34-32-30-28-26-24-22-20-18-16-14-12-10-6-2/h62-67H,5-61H2,1-4H3. The molecule has 2 aliphatic rings. The van der Waals surface area contributed by atoms with Crippen molar-refractivity contribution >= 4 is 23.9 Å². The summed E-state index contributed by atoms with van der Waals surface area (Å²) in [5.74, 6) is -3.77. The molecule has 2 heterocycles. The fourth-order valence-corrected chi connectivity index (χ4v) is 13.7. The summed E-state index contributed by atoms with van der Waals surface area (Å²) in [6.07, 6.45) is 74.8. The third kappa shape index (κ3) is 37.1. The van der Waals surface area contributed by atoms with E-state index in [9.17, 15) is 19.2 Å². The molecular weight excluding hydrogens is 949 g/mol. The Labute approximate surface area is 479 Å². The van der Waals surface area contributed by atoms with Crippen molar-refractivity contribution in [3.63, 3.8) is 0 Å². The van der Waals surface area contributed by atoms with Crippen LogP contribution >= 0.6 is 0 Å². The van der Waals surface area contributed by atoms with E-state index in [4.69, 9.17) is 9.47 Å². The van der Waals surface area contributed by atoms with Crippen LogP contribution in [0.4, 0.5) is 0 Å². The van der Waals surface area contributed by atoms with Gasteiger partial charge >= 0.3 is 23.9 Å². The van der Waals surface area contributed by atoms with E-state index < -0.39 is 41.6 Å². The largest absolute Gasteiger partial charge is 0.393 e. The monoisotopic (exact) mass is 1080 g/mol. The van der Waals surface area contributed by atoms with Gasteiger partial charge in [0.15, 0.2) is 0 Å². The first kappa shape index (κ1) is 71.4. The van der Waals surface area contributed by atoms with E-state index in [0.717, 1.165) is 44.9 Å². The SMILES string of the molecule is CCCCCCCCCCCCCCCCCCCCCCCCCCCCC(CC1C(=O)OC(=O)C1C(CC)CCCCCCCCCCCCCCCCCCCCCCCCCCCC)C1C(=O)OC(=O)C1CC. The topological polar surface area (TPSA) is 86.7 Å². The second-order valence-corrected chi connectivity index (χ2v) is 25.6. The van der Waals surface area contributed by atoms with Gasteiger partial charge in [0.25, 0.3) is 0 Å². The van der Waals surface area contributed by atoms with Crippen molar-refractivity contribution in [2.24, 2.45) is 35.5 Å². The number of unbranched alkanes of at least 4 members (excludes halogenated alkanes) is 50. The highest BCUT2D eigenvalue weighted by atomic mass is 16.6. The normalized spacial score (nSPS) is 18.4. The summed E-state index contributed by atoms with van der Waals surface area (Å²) < 4.78 is 10.6. The van der Waals surface area contributed by atoms with Crippen molar-refractivity contribution in [2.45, 2.75) is 394 Å². The minimum absolute atomic E-state index is 0.0897. The summed E-state index contributed by atoms with van der Waals surface area (Å²) in [6.45, 7) is 8.68. The van der Waals surface area contributed by atoms with Gasteiger partial charge in [0.2, 0.25) is 0 Å². The number of rotatable bonds is 60. The van der Waals surface area contributed by atoms with Gasteiger partial charge in [0.1, 0.15) is 0 Å². The molecule has 2 aliphatic heterocycles. The Morgan fingerprint density at radius 3 is 0.701 bits per heavy atom. The van der Waals surface area contributed by atoms with Gasteiger partial charge in [-0.2, -0.15) is 0 Å². The molecule has 2 fully saturated rings. The molecule has 2 rings (SSSR count). The highest BCUT2D eigenvalue weighted by Crippen LogP contribution is 2.44. The molecule has 0 aromatic heterocycles. The minimum atomic E-state index is -0.549. The van der Waals surface area contributed by atoms with Gasteiger partial charge in [-0.05, 0) is 37.5 Å². The summed E-state index contributed by atoms with van der Waals surface area (Å²) in [7, 11) is 0. The van der Waals surface area contributed by atoms with E-state index in [1.165, 1.54) is 308 Å². The molecule has 0 amide bonds. The molecule has 77 heavy (non-hydrogen) atoms. The number of hydrogen-bond acceptors (Lipinski definition) is 6. The maximum Gasteiger partial charge on any atom is 0.317 e. The van der Waals surface area contributed by atoms with Crippen LogP contribution < -0.4 is 0 Å². The average Bonchev–Trinajstić information content (AvgIpc) is 3.90. The predicted molar refractivity (Wildman–Crippen MR) is 329 cm³/mol. The van der Waals surface area contributed by atoms with E-state index in [-0.39, 0.29) is 17.8 Å². The van der Waals surface area contributed by atoms with Crippen LogP contribution in [-0.4, -0.2) is 23.9 Å². The molecule has 0 aromatic rings. The molecule has 6 nitrogen and oxygen atoms in total. The molecule has 452 valence electrons. The molecule has 0 saturated carbocycles. The zero-order valence-corrected chi connectivity index (χ0v) is 52.2. The van der Waals surface area contributed by atoms with E-state index in [0.29, 0.717) is 12.8 Å². The first-order chi connectivity index (χ1) is 37.9. The molecule has 0 radical (unpaired) electrons. The predicted octanol–water partition coefficient (Wildman–Crippen LogP) is 23.2. The van der Waals surface area contributed by atoms with E-state index >= 15 is 0 Å². The van der Waals surface area contributed by atoms with E-state index in [1.54, 1.807) is 0 Å². The van der Waals surface area contributed by atoms with Crippen molar-refractivity contribution < 1.29 is 28.7 Å². The fourth-order valence-electron chi connectivity index (χ4n) is 13.7. The van der Waals surface area contributed by atoms with Crippen LogP contribution in [0.2, 0.25) is 0 Å². The van der Waals surface area contributed by atoms with Crippen LogP contribution in [0, 0.1) is 35.5 Å². The van der Waals surface area contributed by atoms with Crippen molar-refractivity contribution in [3.05, 3.63) is 0 Å². The second kappa shape index (κ2) is 52.4. The highest BCUT2D eigenvalue weighted by Gasteiger charge is 2.52. The molecule has 0 aliphatic carbocycles. The molecule has 6 unspecified atom stereocenters. The molecule has 0 N–H and O–H groups in total. The lowest BCUT2D eigenvalue weighted by molar-refractivity contribution is -0.156. The zero-order chi connectivity index (χ0) is 55.5. The van der Waals surface area contributed by atoms with Crippen LogP contribution in [0.15, 0.2) is 0 Å². The molecular formula is C71H132O6. The second-order valence-electron chi connectivity index (χ2n) is 25.6. The van der Waals surface area contributed by atoms with Gasteiger partial charge in [-0.25, -0.2) is 0 Å². The third-order valence-electron chi connectivity index (χ3n) is 18.8. The van der Waals surface area contributed by atoms with Crippen LogP contribution in [0.25, 0.3) is 0 Å². The average molecular weight is 1080 g/mol. The summed E-state index contributed by atoms with van der Waals surface area (Å²) in [4.78, 5) is 52.8. The van der Waals surface area contributed by atoms with Crippen LogP contribution in [0.3, 0.4) is 0 Å². The number of esters is 4.